The first-order chi connectivity index (χ1) is 12.5. The third kappa shape index (κ3) is 7.16. The maximum absolute atomic E-state index is 6.31. The molecule has 2 rings (SSSR count). The second kappa shape index (κ2) is 10.8. The van der Waals surface area contributed by atoms with Crippen molar-refractivity contribution in [3.05, 3.63) is 58.0 Å². The van der Waals surface area contributed by atoms with Gasteiger partial charge < -0.3 is 19.4 Å². The molecule has 0 fully saturated rings. The number of hydrogen-bond donors (Lipinski definition) is 1. The van der Waals surface area contributed by atoms with E-state index in [0.717, 1.165) is 24.3 Å². The standard InChI is InChI=1S/C19H24Cl2N2O2S/c1-14(2)24-10-4-8-22-19(26)23(13-17-5-3-9-25-17)12-15-11-16(20)6-7-18(15)21/h3,5-7,9,11,14H,4,8,10,12-13H2,1-2H3,(H,22,26). The highest BCUT2D eigenvalue weighted by Crippen LogP contribution is 2.23. The number of thiocarbonyl (C=S) groups is 1. The lowest BCUT2D eigenvalue weighted by atomic mass is 10.2. The summed E-state index contributed by atoms with van der Waals surface area (Å²) < 4.78 is 11.0. The van der Waals surface area contributed by atoms with Gasteiger partial charge in [0.1, 0.15) is 5.76 Å². The molecule has 0 saturated carbocycles. The molecule has 0 bridgehead atoms. The quantitative estimate of drug-likeness (QED) is 0.446. The first-order valence-electron chi connectivity index (χ1n) is 8.56. The zero-order valence-electron chi connectivity index (χ0n) is 15.0. The summed E-state index contributed by atoms with van der Waals surface area (Å²) in [6, 6.07) is 9.21. The summed E-state index contributed by atoms with van der Waals surface area (Å²) in [4.78, 5) is 2.01. The smallest absolute Gasteiger partial charge is 0.169 e. The van der Waals surface area contributed by atoms with Crippen molar-refractivity contribution in [3.8, 4) is 0 Å². The molecule has 1 heterocycles. The average Bonchev–Trinajstić information content (AvgIpc) is 3.10. The highest BCUT2D eigenvalue weighted by Gasteiger charge is 2.14. The van der Waals surface area contributed by atoms with Crippen LogP contribution in [0.1, 0.15) is 31.6 Å². The Balaban J connectivity index is 1.98. The van der Waals surface area contributed by atoms with Gasteiger partial charge >= 0.3 is 0 Å². The Hall–Kier alpha value is -1.27. The molecule has 0 aliphatic rings. The Morgan fingerprint density at radius 3 is 2.77 bits per heavy atom. The Morgan fingerprint density at radius 1 is 1.27 bits per heavy atom. The normalized spacial score (nSPS) is 11.0. The average molecular weight is 415 g/mol. The summed E-state index contributed by atoms with van der Waals surface area (Å²) in [6.45, 7) is 6.57. The van der Waals surface area contributed by atoms with Crippen LogP contribution >= 0.6 is 35.4 Å². The number of halogens is 2. The van der Waals surface area contributed by atoms with E-state index in [1.807, 2.05) is 36.9 Å². The van der Waals surface area contributed by atoms with Crippen LogP contribution in [-0.4, -0.2) is 29.3 Å². The minimum absolute atomic E-state index is 0.238. The first-order valence-corrected chi connectivity index (χ1v) is 9.73. The number of ether oxygens (including phenoxy) is 1. The largest absolute Gasteiger partial charge is 0.467 e. The third-order valence-electron chi connectivity index (χ3n) is 3.63. The molecule has 4 nitrogen and oxygen atoms in total. The number of furan rings is 1. The zero-order valence-corrected chi connectivity index (χ0v) is 17.3. The van der Waals surface area contributed by atoms with Crippen LogP contribution in [0.3, 0.4) is 0 Å². The molecular formula is C19H24Cl2N2O2S. The fourth-order valence-electron chi connectivity index (χ4n) is 2.36. The van der Waals surface area contributed by atoms with E-state index in [2.05, 4.69) is 5.32 Å². The van der Waals surface area contributed by atoms with Crippen molar-refractivity contribution in [3.63, 3.8) is 0 Å². The molecule has 1 N–H and O–H groups in total. The van der Waals surface area contributed by atoms with Gasteiger partial charge in [0.15, 0.2) is 5.11 Å². The van der Waals surface area contributed by atoms with Gasteiger partial charge in [0.25, 0.3) is 0 Å². The van der Waals surface area contributed by atoms with Crippen molar-refractivity contribution in [2.24, 2.45) is 0 Å². The van der Waals surface area contributed by atoms with Crippen molar-refractivity contribution in [2.45, 2.75) is 39.5 Å². The van der Waals surface area contributed by atoms with E-state index in [-0.39, 0.29) is 6.10 Å². The summed E-state index contributed by atoms with van der Waals surface area (Å²) in [6.07, 6.45) is 2.77. The number of rotatable bonds is 9. The van der Waals surface area contributed by atoms with Crippen LogP contribution in [0.4, 0.5) is 0 Å². The van der Waals surface area contributed by atoms with E-state index in [4.69, 9.17) is 44.6 Å². The van der Waals surface area contributed by atoms with Crippen molar-refractivity contribution in [2.75, 3.05) is 13.2 Å². The lowest BCUT2D eigenvalue weighted by Crippen LogP contribution is -2.39. The monoisotopic (exact) mass is 414 g/mol. The van der Waals surface area contributed by atoms with Gasteiger partial charge in [0.2, 0.25) is 0 Å². The highest BCUT2D eigenvalue weighted by molar-refractivity contribution is 7.80. The fraction of sp³-hybridized carbons (Fsp3) is 0.421. The van der Waals surface area contributed by atoms with Crippen molar-refractivity contribution < 1.29 is 9.15 Å². The molecule has 1 aromatic heterocycles. The Morgan fingerprint density at radius 2 is 2.08 bits per heavy atom. The molecule has 2 aromatic rings. The maximum atomic E-state index is 6.31. The third-order valence-corrected chi connectivity index (χ3v) is 4.64. The molecule has 142 valence electrons. The van der Waals surface area contributed by atoms with Gasteiger partial charge in [-0.05, 0) is 68.4 Å². The lowest BCUT2D eigenvalue weighted by Gasteiger charge is -2.26. The molecule has 1 aromatic carbocycles. The summed E-state index contributed by atoms with van der Waals surface area (Å²) >= 11 is 18.0. The zero-order chi connectivity index (χ0) is 18.9. The Labute approximate surface area is 170 Å². The summed E-state index contributed by atoms with van der Waals surface area (Å²) in [5.41, 5.74) is 0.915. The van der Waals surface area contributed by atoms with E-state index >= 15 is 0 Å². The van der Waals surface area contributed by atoms with Gasteiger partial charge in [-0.15, -0.1) is 0 Å². The molecule has 0 radical (unpaired) electrons. The van der Waals surface area contributed by atoms with Gasteiger partial charge in [0, 0.05) is 29.7 Å². The van der Waals surface area contributed by atoms with Gasteiger partial charge in [-0.1, -0.05) is 23.2 Å². The number of benzene rings is 1. The van der Waals surface area contributed by atoms with E-state index in [9.17, 15) is 0 Å². The van der Waals surface area contributed by atoms with Crippen LogP contribution in [0.2, 0.25) is 10.0 Å². The SMILES string of the molecule is CC(C)OCCCNC(=S)N(Cc1ccco1)Cc1cc(Cl)ccc1Cl. The van der Waals surface area contributed by atoms with Crippen LogP contribution in [0.5, 0.6) is 0 Å². The molecule has 7 heteroatoms. The molecule has 0 unspecified atom stereocenters. The molecule has 0 aliphatic carbocycles. The number of hydrogen-bond acceptors (Lipinski definition) is 3. The van der Waals surface area contributed by atoms with Crippen LogP contribution in [-0.2, 0) is 17.8 Å². The van der Waals surface area contributed by atoms with Gasteiger partial charge in [-0.2, -0.15) is 0 Å². The summed E-state index contributed by atoms with van der Waals surface area (Å²) in [5, 5.41) is 5.23. The van der Waals surface area contributed by atoms with Crippen LogP contribution < -0.4 is 5.32 Å². The van der Waals surface area contributed by atoms with Crippen molar-refractivity contribution in [1.82, 2.24) is 10.2 Å². The molecule has 0 aliphatic heterocycles. The predicted molar refractivity (Wildman–Crippen MR) is 111 cm³/mol. The molecular weight excluding hydrogens is 391 g/mol. The van der Waals surface area contributed by atoms with E-state index in [1.54, 1.807) is 18.4 Å². The van der Waals surface area contributed by atoms with Crippen molar-refractivity contribution >= 4 is 40.5 Å². The van der Waals surface area contributed by atoms with Crippen LogP contribution in [0, 0.1) is 0 Å². The van der Waals surface area contributed by atoms with Crippen molar-refractivity contribution in [1.29, 1.82) is 0 Å². The molecule has 0 saturated heterocycles. The molecule has 26 heavy (non-hydrogen) atoms. The highest BCUT2D eigenvalue weighted by atomic mass is 35.5. The minimum Gasteiger partial charge on any atom is -0.467 e. The molecule has 0 amide bonds. The van der Waals surface area contributed by atoms with Gasteiger partial charge in [-0.25, -0.2) is 0 Å². The molecule has 0 spiro atoms. The van der Waals surface area contributed by atoms with Crippen LogP contribution in [0.25, 0.3) is 0 Å². The summed E-state index contributed by atoms with van der Waals surface area (Å²) in [7, 11) is 0. The van der Waals surface area contributed by atoms with E-state index < -0.39 is 0 Å². The van der Waals surface area contributed by atoms with Gasteiger partial charge in [0.05, 0.1) is 18.9 Å². The van der Waals surface area contributed by atoms with E-state index in [1.165, 1.54) is 0 Å². The second-order valence-electron chi connectivity index (χ2n) is 6.18. The maximum Gasteiger partial charge on any atom is 0.169 e. The lowest BCUT2D eigenvalue weighted by molar-refractivity contribution is 0.0776. The van der Waals surface area contributed by atoms with Crippen LogP contribution in [0.15, 0.2) is 41.0 Å². The summed E-state index contributed by atoms with van der Waals surface area (Å²) in [5.74, 6) is 0.829. The topological polar surface area (TPSA) is 37.6 Å². The second-order valence-corrected chi connectivity index (χ2v) is 7.41. The Kier molecular flexibility index (Phi) is 8.72. The first kappa shape index (κ1) is 21.0. The Bertz CT molecular complexity index is 693. The predicted octanol–water partition coefficient (Wildman–Crippen LogP) is 5.28. The van der Waals surface area contributed by atoms with E-state index in [0.29, 0.717) is 34.9 Å². The minimum atomic E-state index is 0.238. The fourth-order valence-corrected chi connectivity index (χ4v) is 2.96. The van der Waals surface area contributed by atoms with Gasteiger partial charge in [-0.3, -0.25) is 0 Å². The number of nitrogens with one attached hydrogen (secondary N) is 1. The number of nitrogens with zero attached hydrogens (tertiary/aromatic N) is 1. The molecule has 0 atom stereocenters.